The van der Waals surface area contributed by atoms with Crippen LogP contribution in [0.5, 0.6) is 5.75 Å². The van der Waals surface area contributed by atoms with Crippen LogP contribution in [0.1, 0.15) is 53.3 Å². The van der Waals surface area contributed by atoms with Crippen LogP contribution in [-0.2, 0) is 29.1 Å². The number of hydrogen-bond acceptors (Lipinski definition) is 6. The smallest absolute Gasteiger partial charge is 0.654 e. The predicted molar refractivity (Wildman–Crippen MR) is 137 cm³/mol. The van der Waals surface area contributed by atoms with E-state index in [1.165, 1.54) is 18.9 Å². The fourth-order valence-electron chi connectivity index (χ4n) is 4.69. The summed E-state index contributed by atoms with van der Waals surface area (Å²) in [4.78, 5) is 52.0. The Morgan fingerprint density at radius 1 is 1.11 bits per heavy atom. The van der Waals surface area contributed by atoms with Crippen molar-refractivity contribution in [2.24, 2.45) is 5.92 Å². The Labute approximate surface area is 229 Å². The van der Waals surface area contributed by atoms with Gasteiger partial charge in [0.2, 0.25) is 0 Å². The summed E-state index contributed by atoms with van der Waals surface area (Å²) in [5.41, 5.74) is 2.30. The number of nitrogens with zero attached hydrogens (tertiary/aromatic N) is 2. The average Bonchev–Trinajstić information content (AvgIpc) is 3.54. The molecule has 2 aromatic carbocycles. The molecule has 0 spiro atoms. The van der Waals surface area contributed by atoms with E-state index in [-0.39, 0.29) is 38.2 Å². The minimum absolute atomic E-state index is 0. The van der Waals surface area contributed by atoms with Crippen molar-refractivity contribution in [3.8, 4) is 5.75 Å². The van der Waals surface area contributed by atoms with Crippen LogP contribution in [0.3, 0.4) is 0 Å². The average molecular weight is 638 g/mol. The summed E-state index contributed by atoms with van der Waals surface area (Å²) >= 11 is 3.39. The van der Waals surface area contributed by atoms with Crippen LogP contribution < -0.4 is 10.3 Å². The van der Waals surface area contributed by atoms with Crippen LogP contribution in [0.15, 0.2) is 34.9 Å². The molecule has 1 aliphatic carbocycles. The summed E-state index contributed by atoms with van der Waals surface area (Å²) < 4.78 is 0.608. The number of hydrogen-bond donors (Lipinski definition) is 2. The van der Waals surface area contributed by atoms with Gasteiger partial charge in [-0.3, -0.25) is 31.5 Å². The Balaban J connectivity index is 0.000000327. The summed E-state index contributed by atoms with van der Waals surface area (Å²) in [6.45, 7) is 4.95. The second kappa shape index (κ2) is 11.8. The van der Waals surface area contributed by atoms with Crippen LogP contribution in [0.4, 0.5) is 0 Å². The normalized spacial score (nSPS) is 14.2. The van der Waals surface area contributed by atoms with Gasteiger partial charge in [0.05, 0.1) is 16.6 Å². The first-order valence-electron chi connectivity index (χ1n) is 10.7. The molecule has 2 aliphatic rings. The zero-order chi connectivity index (χ0) is 24.6. The fourth-order valence-corrected chi connectivity index (χ4v) is 5.22. The van der Waals surface area contributed by atoms with Crippen molar-refractivity contribution in [1.29, 1.82) is 0 Å². The summed E-state index contributed by atoms with van der Waals surface area (Å²) in [5.74, 6) is -0.0382. The number of carbonyl (C=O) groups is 3. The second-order valence-electron chi connectivity index (χ2n) is 8.18. The SMILES string of the molecule is CC(=O)C1CCCC1.O=C1NC(=O)c2c1c1cccnc1c1[n-]c3c(Br)cc(O)cc3c21.[CH-]=O.[CH3-].[Ru+3]. The third-order valence-electron chi connectivity index (χ3n) is 6.19. The van der Waals surface area contributed by atoms with Gasteiger partial charge in [0, 0.05) is 22.0 Å². The van der Waals surface area contributed by atoms with Crippen molar-refractivity contribution in [3.63, 3.8) is 0 Å². The monoisotopic (exact) mass is 638 g/mol. The van der Waals surface area contributed by atoms with E-state index in [0.717, 1.165) is 12.8 Å². The van der Waals surface area contributed by atoms with Crippen molar-refractivity contribution < 1.29 is 43.8 Å². The van der Waals surface area contributed by atoms with E-state index in [9.17, 15) is 19.5 Å². The van der Waals surface area contributed by atoms with Crippen LogP contribution in [0.2, 0.25) is 0 Å². The van der Waals surface area contributed by atoms with Gasteiger partial charge in [-0.2, -0.15) is 0 Å². The number of nitrogens with one attached hydrogen (secondary N) is 1. The Morgan fingerprint density at radius 2 is 1.75 bits per heavy atom. The minimum Gasteiger partial charge on any atom is -0.654 e. The molecule has 6 rings (SSSR count). The number of imide groups is 1. The number of ketones is 1. The number of carbonyl (C=O) groups excluding carboxylic acids is 4. The number of Topliss-reactive ketones (excluding diaryl/α,β-unsaturated/α-hetero) is 1. The topological polar surface area (TPSA) is 128 Å². The summed E-state index contributed by atoms with van der Waals surface area (Å²) in [7, 11) is 0. The number of amides is 2. The van der Waals surface area contributed by atoms with E-state index in [4.69, 9.17) is 4.79 Å². The number of pyridine rings is 1. The zero-order valence-electron chi connectivity index (χ0n) is 19.6. The maximum absolute atomic E-state index is 12.4. The fraction of sp³-hybridized carbons (Fsp3) is 0.231. The number of rotatable bonds is 1. The molecule has 2 N–H and O–H groups in total. The quantitative estimate of drug-likeness (QED) is 0.133. The van der Waals surface area contributed by atoms with Crippen LogP contribution in [0.25, 0.3) is 32.7 Å². The van der Waals surface area contributed by atoms with Crippen molar-refractivity contribution in [2.45, 2.75) is 32.6 Å². The zero-order valence-corrected chi connectivity index (χ0v) is 22.9. The number of aromatic hydroxyl groups is 1. The molecule has 2 aromatic heterocycles. The molecule has 1 radical (unpaired) electrons. The molecule has 1 saturated carbocycles. The van der Waals surface area contributed by atoms with E-state index in [1.54, 1.807) is 31.3 Å². The Kier molecular flexibility index (Phi) is 9.63. The van der Waals surface area contributed by atoms with Gasteiger partial charge in [-0.1, -0.05) is 34.8 Å². The molecular formula is C26H23BrN3O5Ru. The molecule has 36 heavy (non-hydrogen) atoms. The van der Waals surface area contributed by atoms with Gasteiger partial charge in [-0.25, -0.2) is 0 Å². The molecule has 10 heteroatoms. The third kappa shape index (κ3) is 4.97. The molecule has 0 saturated heterocycles. The largest absolute Gasteiger partial charge is 3.00 e. The molecule has 0 unspecified atom stereocenters. The number of halogens is 1. The van der Waals surface area contributed by atoms with E-state index < -0.39 is 11.8 Å². The number of fused-ring (bicyclic) bond motifs is 8. The first kappa shape index (κ1) is 29.3. The van der Waals surface area contributed by atoms with Gasteiger partial charge in [-0.05, 0) is 48.7 Å². The second-order valence-corrected chi connectivity index (χ2v) is 9.04. The molecule has 2 amide bonds. The number of phenols is 1. The Bertz CT molecular complexity index is 1480. The van der Waals surface area contributed by atoms with Gasteiger partial charge in [0.15, 0.2) is 0 Å². The van der Waals surface area contributed by atoms with Gasteiger partial charge >= 0.3 is 19.5 Å². The van der Waals surface area contributed by atoms with Crippen LogP contribution >= 0.6 is 15.9 Å². The predicted octanol–water partition coefficient (Wildman–Crippen LogP) is 4.79. The molecular weight excluding hydrogens is 615 g/mol. The van der Waals surface area contributed by atoms with Gasteiger partial charge < -0.3 is 22.3 Å². The van der Waals surface area contributed by atoms with Gasteiger partial charge in [0.1, 0.15) is 11.5 Å². The molecule has 187 valence electrons. The Hall–Kier alpha value is -2.97. The van der Waals surface area contributed by atoms with Crippen LogP contribution in [-0.4, -0.2) is 34.5 Å². The molecule has 0 atom stereocenters. The molecule has 3 heterocycles. The van der Waals surface area contributed by atoms with Gasteiger partial charge in [-0.15, -0.1) is 11.0 Å². The first-order chi connectivity index (χ1) is 16.4. The van der Waals surface area contributed by atoms with E-state index >= 15 is 0 Å². The minimum atomic E-state index is -0.459. The first-order valence-corrected chi connectivity index (χ1v) is 11.4. The maximum Gasteiger partial charge on any atom is 3.00 e. The van der Waals surface area contributed by atoms with E-state index in [1.807, 2.05) is 0 Å². The number of aromatic nitrogens is 2. The molecule has 1 fully saturated rings. The van der Waals surface area contributed by atoms with Gasteiger partial charge in [0.25, 0.3) is 11.8 Å². The number of benzene rings is 2. The van der Waals surface area contributed by atoms with Crippen molar-refractivity contribution >= 4 is 73.0 Å². The molecule has 0 bridgehead atoms. The van der Waals surface area contributed by atoms with E-state index in [2.05, 4.69) is 38.0 Å². The third-order valence-corrected chi connectivity index (χ3v) is 6.80. The maximum atomic E-state index is 12.4. The summed E-state index contributed by atoms with van der Waals surface area (Å²) in [5, 5.41) is 14.0. The Morgan fingerprint density at radius 3 is 2.36 bits per heavy atom. The van der Waals surface area contributed by atoms with Crippen molar-refractivity contribution in [2.75, 3.05) is 0 Å². The standard InChI is InChI=1S/C17H8BrN3O3.C7H12O.CHO.CH3.Ru/c18-9-5-6(22)4-8-10-12-11(16(23)21-17(12)24)7-2-1-3-19-14(7)15(10)20-13(8)9;1-6(8)7-4-2-3-5-7;1-2;;/h1-5H,(H3,19,20,21,22,23,24);7H,2-5H2,1H3;1H;1H3;/q;;2*-1;+3/p-1. The summed E-state index contributed by atoms with van der Waals surface area (Å²) in [6.07, 6.45) is 6.45. The van der Waals surface area contributed by atoms with Crippen LogP contribution in [0, 0.1) is 13.3 Å². The molecule has 4 aromatic rings. The number of phenolic OH excluding ortho intramolecular Hbond substituents is 1. The molecule has 8 nitrogen and oxygen atoms in total. The summed E-state index contributed by atoms with van der Waals surface area (Å²) in [6, 6.07) is 6.55. The van der Waals surface area contributed by atoms with E-state index in [0.29, 0.717) is 54.4 Å². The van der Waals surface area contributed by atoms with Crippen molar-refractivity contribution in [3.05, 3.63) is 53.5 Å². The molecule has 1 aliphatic heterocycles. The van der Waals surface area contributed by atoms with Crippen molar-refractivity contribution in [1.82, 2.24) is 15.3 Å².